The number of amides is 2. The van der Waals surface area contributed by atoms with Gasteiger partial charge in [-0.05, 0) is 17.7 Å². The molecule has 2 aliphatic heterocycles. The van der Waals surface area contributed by atoms with Gasteiger partial charge in [-0.25, -0.2) is 9.78 Å². The highest BCUT2D eigenvalue weighted by Crippen LogP contribution is 2.41. The van der Waals surface area contributed by atoms with Gasteiger partial charge in [0.05, 0.1) is 6.26 Å². The van der Waals surface area contributed by atoms with Gasteiger partial charge in [0.25, 0.3) is 22.9 Å². The van der Waals surface area contributed by atoms with Gasteiger partial charge in [-0.3, -0.25) is 14.5 Å². The number of carbonyl (C=O) groups is 3. The Balaban J connectivity index is 1.28. The van der Waals surface area contributed by atoms with Gasteiger partial charge in [0.15, 0.2) is 16.6 Å². The minimum Gasteiger partial charge on any atom is -0.477 e. The second kappa shape index (κ2) is 10.3. The zero-order valence-electron chi connectivity index (χ0n) is 18.8. The van der Waals surface area contributed by atoms with Gasteiger partial charge in [-0.2, -0.15) is 0 Å². The van der Waals surface area contributed by atoms with Crippen molar-refractivity contribution < 1.29 is 33.2 Å². The predicted molar refractivity (Wildman–Crippen MR) is 132 cm³/mol. The number of thiazole rings is 1. The predicted octanol–water partition coefficient (Wildman–Crippen LogP) is 1.25. The van der Waals surface area contributed by atoms with E-state index in [9.17, 15) is 19.5 Å². The average molecular weight is 564 g/mol. The van der Waals surface area contributed by atoms with Gasteiger partial charge in [-0.15, -0.1) is 33.3 Å². The van der Waals surface area contributed by atoms with Crippen LogP contribution in [0, 0.1) is 0 Å². The second-order valence-corrected chi connectivity index (χ2v) is 10.4. The Bertz CT molecular complexity index is 1410. The highest BCUT2D eigenvalue weighted by Gasteiger charge is 2.54. The van der Waals surface area contributed by atoms with Crippen molar-refractivity contribution in [1.82, 2.24) is 25.4 Å². The highest BCUT2D eigenvalue weighted by molar-refractivity contribution is 8.01. The van der Waals surface area contributed by atoms with E-state index in [0.29, 0.717) is 17.1 Å². The molecule has 2 atom stereocenters. The third-order valence-electron chi connectivity index (χ3n) is 5.21. The van der Waals surface area contributed by atoms with Crippen molar-refractivity contribution in [1.29, 1.82) is 0 Å². The van der Waals surface area contributed by atoms with Crippen molar-refractivity contribution in [3.05, 3.63) is 40.7 Å². The Morgan fingerprint density at radius 1 is 1.43 bits per heavy atom. The van der Waals surface area contributed by atoms with E-state index in [2.05, 4.69) is 25.7 Å². The molecular weight excluding hydrogens is 546 g/mol. The number of aromatic nitrogens is 3. The number of nitrogens with two attached hydrogens (primary N) is 1. The standard InChI is InChI=1S/C20H17N7O7S3/c1-32-26-11(9-7-36-19(21)22-9)14(28)23-12-16(29)27-13(18(30)31)8(5-35-17(12)27)6-37-20-25-24-15(34-20)10-3-2-4-33-10/h2-4,7,12,17H,5-6H2,1H3,(H2,21,22)(H,23,28)(H,30,31)/t12?,17-/m0/s1. The number of nitrogen functional groups attached to an aromatic ring is 1. The zero-order chi connectivity index (χ0) is 26.1. The number of hydrogen-bond donors (Lipinski definition) is 3. The van der Waals surface area contributed by atoms with E-state index < -0.39 is 29.2 Å². The lowest BCUT2D eigenvalue weighted by molar-refractivity contribution is -0.150. The number of fused-ring (bicyclic) bond motifs is 1. The number of nitrogens with one attached hydrogen (secondary N) is 1. The fraction of sp³-hybridized carbons (Fsp3) is 0.250. The largest absolute Gasteiger partial charge is 0.477 e. The molecule has 1 unspecified atom stereocenters. The summed E-state index contributed by atoms with van der Waals surface area (Å²) in [6.45, 7) is 0. The van der Waals surface area contributed by atoms with Crippen LogP contribution in [-0.4, -0.2) is 78.7 Å². The number of carboxylic acid groups (broad SMARTS) is 1. The first kappa shape index (κ1) is 24.8. The summed E-state index contributed by atoms with van der Waals surface area (Å²) in [5.74, 6) is -1.37. The van der Waals surface area contributed by atoms with Gasteiger partial charge >= 0.3 is 5.97 Å². The first-order valence-corrected chi connectivity index (χ1v) is 13.3. The maximum Gasteiger partial charge on any atom is 0.352 e. The lowest BCUT2D eigenvalue weighted by atomic mass is 10.0. The summed E-state index contributed by atoms with van der Waals surface area (Å²) in [6, 6.07) is 2.41. The molecular formula is C20H17N7O7S3. The van der Waals surface area contributed by atoms with E-state index >= 15 is 0 Å². The van der Waals surface area contributed by atoms with Crippen molar-refractivity contribution in [3.63, 3.8) is 0 Å². The lowest BCUT2D eigenvalue weighted by Crippen LogP contribution is -2.71. The number of carboxylic acids is 1. The zero-order valence-corrected chi connectivity index (χ0v) is 21.3. The highest BCUT2D eigenvalue weighted by atomic mass is 32.2. The molecule has 3 aromatic heterocycles. The molecule has 14 nitrogen and oxygen atoms in total. The molecule has 5 heterocycles. The Morgan fingerprint density at radius 3 is 2.95 bits per heavy atom. The maximum absolute atomic E-state index is 13.0. The average Bonchev–Trinajstić information content (AvgIpc) is 3.65. The first-order valence-electron chi connectivity index (χ1n) is 10.4. The smallest absolute Gasteiger partial charge is 0.352 e. The molecule has 0 radical (unpaired) electrons. The second-order valence-electron chi connectivity index (χ2n) is 7.45. The van der Waals surface area contributed by atoms with Crippen LogP contribution in [0.3, 0.4) is 0 Å². The van der Waals surface area contributed by atoms with Crippen molar-refractivity contribution in [2.45, 2.75) is 16.6 Å². The Kier molecular flexibility index (Phi) is 6.90. The summed E-state index contributed by atoms with van der Waals surface area (Å²) >= 11 is 3.59. The number of anilines is 1. The summed E-state index contributed by atoms with van der Waals surface area (Å²) in [5.41, 5.74) is 6.06. The molecule has 0 bridgehead atoms. The molecule has 0 saturated carbocycles. The lowest BCUT2D eigenvalue weighted by Gasteiger charge is -2.49. The molecule has 1 fully saturated rings. The van der Waals surface area contributed by atoms with E-state index in [1.807, 2.05) is 0 Å². The molecule has 4 N–H and O–H groups in total. The summed E-state index contributed by atoms with van der Waals surface area (Å²) in [6.07, 6.45) is 1.48. The first-order chi connectivity index (χ1) is 17.9. The quantitative estimate of drug-likeness (QED) is 0.146. The summed E-state index contributed by atoms with van der Waals surface area (Å²) < 4.78 is 10.8. The maximum atomic E-state index is 13.0. The minimum atomic E-state index is -1.25. The van der Waals surface area contributed by atoms with Crippen LogP contribution < -0.4 is 11.1 Å². The van der Waals surface area contributed by atoms with E-state index in [0.717, 1.165) is 23.1 Å². The molecule has 17 heteroatoms. The molecule has 0 aromatic carbocycles. The number of thioether (sulfide) groups is 2. The topological polar surface area (TPSA) is 199 Å². The normalized spacial score (nSPS) is 19.4. The number of aliphatic carboxylic acids is 1. The molecule has 192 valence electrons. The molecule has 2 amide bonds. The van der Waals surface area contributed by atoms with Crippen molar-refractivity contribution in [2.75, 3.05) is 24.3 Å². The van der Waals surface area contributed by atoms with Crippen LogP contribution in [0.25, 0.3) is 11.7 Å². The van der Waals surface area contributed by atoms with Gasteiger partial charge in [0.1, 0.15) is 29.9 Å². The number of hydrogen-bond acceptors (Lipinski definition) is 14. The minimum absolute atomic E-state index is 0.129. The summed E-state index contributed by atoms with van der Waals surface area (Å²) in [7, 11) is 1.27. The van der Waals surface area contributed by atoms with Crippen LogP contribution >= 0.6 is 34.9 Å². The van der Waals surface area contributed by atoms with Crippen molar-refractivity contribution >= 4 is 63.5 Å². The van der Waals surface area contributed by atoms with Crippen LogP contribution in [0.4, 0.5) is 5.13 Å². The van der Waals surface area contributed by atoms with Crippen molar-refractivity contribution in [3.8, 4) is 11.7 Å². The van der Waals surface area contributed by atoms with Crippen molar-refractivity contribution in [2.24, 2.45) is 5.16 Å². The van der Waals surface area contributed by atoms with E-state index in [1.165, 1.54) is 35.4 Å². The third kappa shape index (κ3) is 4.79. The molecule has 0 aliphatic carbocycles. The Hall–Kier alpha value is -3.83. The Morgan fingerprint density at radius 2 is 2.27 bits per heavy atom. The number of carbonyl (C=O) groups excluding carboxylic acids is 2. The molecule has 0 spiro atoms. The third-order valence-corrected chi connectivity index (χ3v) is 8.13. The van der Waals surface area contributed by atoms with Gasteiger partial charge < -0.3 is 29.8 Å². The van der Waals surface area contributed by atoms with E-state index in [-0.39, 0.29) is 39.1 Å². The van der Waals surface area contributed by atoms with E-state index in [1.54, 1.807) is 12.1 Å². The molecule has 37 heavy (non-hydrogen) atoms. The number of oxime groups is 1. The van der Waals surface area contributed by atoms with Gasteiger partial charge in [-0.1, -0.05) is 16.9 Å². The number of nitrogens with zero attached hydrogens (tertiary/aromatic N) is 5. The number of rotatable bonds is 9. The Labute approximate surface area is 220 Å². The van der Waals surface area contributed by atoms with Crippen LogP contribution in [0.2, 0.25) is 0 Å². The molecule has 5 rings (SSSR count). The number of β-lactam (4-membered cyclic amide) rings is 1. The van der Waals surface area contributed by atoms with Gasteiger partial charge in [0.2, 0.25) is 0 Å². The molecule has 2 aliphatic rings. The fourth-order valence-corrected chi connectivity index (χ4v) is 6.41. The van der Waals surface area contributed by atoms with E-state index in [4.69, 9.17) is 19.4 Å². The summed E-state index contributed by atoms with van der Waals surface area (Å²) in [4.78, 5) is 47.9. The van der Waals surface area contributed by atoms with Crippen LogP contribution in [-0.2, 0) is 19.2 Å². The van der Waals surface area contributed by atoms with Crippen LogP contribution in [0.5, 0.6) is 0 Å². The monoisotopic (exact) mass is 563 g/mol. The van der Waals surface area contributed by atoms with Crippen LogP contribution in [0.1, 0.15) is 5.69 Å². The van der Waals surface area contributed by atoms with Gasteiger partial charge in [0, 0.05) is 16.9 Å². The SMILES string of the molecule is CON=C(C(=O)NC1C(=O)N2C(C(=O)O)=C(CSc3nnc(-c4ccco4)o3)CS[C@@H]12)c1csc(N)n1. The molecule has 1 saturated heterocycles. The molecule has 3 aromatic rings. The fourth-order valence-electron chi connectivity index (χ4n) is 3.61. The number of furan rings is 1. The summed E-state index contributed by atoms with van der Waals surface area (Å²) in [5, 5.41) is 25.4. The van der Waals surface area contributed by atoms with Crippen LogP contribution in [0.15, 0.2) is 54.3 Å².